The Bertz CT molecular complexity index is 574. The maximum absolute atomic E-state index is 12.1. The molecule has 1 aromatic rings. The lowest BCUT2D eigenvalue weighted by Crippen LogP contribution is -2.47. The third-order valence-corrected chi connectivity index (χ3v) is 4.67. The molecule has 2 amide bonds. The molecule has 2 aliphatic rings. The van der Waals surface area contributed by atoms with Crippen molar-refractivity contribution in [2.45, 2.75) is 37.5 Å². The maximum Gasteiger partial charge on any atom is 0.226 e. The van der Waals surface area contributed by atoms with Crippen molar-refractivity contribution in [2.75, 3.05) is 33.8 Å². The molecule has 132 valence electrons. The largest absolute Gasteiger partial charge is 0.375 e. The Morgan fingerprint density at radius 2 is 2.29 bits per heavy atom. The predicted octanol–water partition coefficient (Wildman–Crippen LogP) is -0.612. The number of morpholine rings is 1. The van der Waals surface area contributed by atoms with Gasteiger partial charge in [0.05, 0.1) is 25.6 Å². The number of aromatic amines is 1. The highest BCUT2D eigenvalue weighted by atomic mass is 16.5. The van der Waals surface area contributed by atoms with E-state index in [0.717, 1.165) is 25.2 Å². The van der Waals surface area contributed by atoms with Crippen LogP contribution in [0.5, 0.6) is 0 Å². The highest BCUT2D eigenvalue weighted by Crippen LogP contribution is 2.24. The number of hydrogen-bond acceptors (Lipinski definition) is 5. The first-order valence-electron chi connectivity index (χ1n) is 8.34. The second kappa shape index (κ2) is 7.31. The van der Waals surface area contributed by atoms with Crippen molar-refractivity contribution in [3.05, 3.63) is 18.0 Å². The van der Waals surface area contributed by atoms with E-state index in [-0.39, 0.29) is 24.0 Å². The van der Waals surface area contributed by atoms with Crippen LogP contribution in [0, 0.1) is 0 Å². The summed E-state index contributed by atoms with van der Waals surface area (Å²) in [5, 5.41) is 9.74. The van der Waals surface area contributed by atoms with Gasteiger partial charge in [0.1, 0.15) is 0 Å². The van der Waals surface area contributed by atoms with Gasteiger partial charge in [0.25, 0.3) is 0 Å². The summed E-state index contributed by atoms with van der Waals surface area (Å²) in [4.78, 5) is 27.9. The molecule has 3 atom stereocenters. The number of amides is 2. The van der Waals surface area contributed by atoms with Crippen molar-refractivity contribution >= 4 is 11.8 Å². The summed E-state index contributed by atoms with van der Waals surface area (Å²) in [6.07, 6.45) is 3.20. The molecule has 0 radical (unpaired) electrons. The van der Waals surface area contributed by atoms with Gasteiger partial charge in [-0.2, -0.15) is 5.10 Å². The van der Waals surface area contributed by atoms with Crippen molar-refractivity contribution in [3.8, 4) is 0 Å². The summed E-state index contributed by atoms with van der Waals surface area (Å²) >= 11 is 0. The van der Waals surface area contributed by atoms with E-state index in [9.17, 15) is 9.59 Å². The van der Waals surface area contributed by atoms with E-state index in [1.54, 1.807) is 31.3 Å². The molecule has 2 aliphatic heterocycles. The van der Waals surface area contributed by atoms with E-state index in [0.29, 0.717) is 25.5 Å². The number of carbonyl (C=O) groups is 2. The molecule has 3 rings (SSSR count). The summed E-state index contributed by atoms with van der Waals surface area (Å²) in [5.41, 5.74) is 0.814. The highest BCUT2D eigenvalue weighted by molar-refractivity contribution is 5.78. The molecule has 1 aromatic heterocycles. The van der Waals surface area contributed by atoms with Crippen molar-refractivity contribution in [2.24, 2.45) is 0 Å². The number of nitrogens with one attached hydrogen (secondary N) is 2. The van der Waals surface area contributed by atoms with E-state index in [4.69, 9.17) is 4.74 Å². The Morgan fingerprint density at radius 3 is 3.00 bits per heavy atom. The first kappa shape index (κ1) is 16.9. The minimum Gasteiger partial charge on any atom is -0.375 e. The topological polar surface area (TPSA) is 90.6 Å². The third-order valence-electron chi connectivity index (χ3n) is 4.67. The second-order valence-electron chi connectivity index (χ2n) is 6.81. The number of nitrogens with zero attached hydrogens (tertiary/aromatic N) is 3. The minimum absolute atomic E-state index is 0.00403. The monoisotopic (exact) mass is 335 g/mol. The van der Waals surface area contributed by atoms with Crippen LogP contribution in [0.15, 0.2) is 12.3 Å². The van der Waals surface area contributed by atoms with Crippen molar-refractivity contribution in [3.63, 3.8) is 0 Å². The first-order valence-corrected chi connectivity index (χ1v) is 8.34. The maximum atomic E-state index is 12.1. The zero-order valence-corrected chi connectivity index (χ0v) is 14.2. The molecule has 8 nitrogen and oxygen atoms in total. The average molecular weight is 335 g/mol. The van der Waals surface area contributed by atoms with Crippen LogP contribution in [0.3, 0.4) is 0 Å². The zero-order chi connectivity index (χ0) is 17.1. The number of hydrogen-bond donors (Lipinski definition) is 2. The summed E-state index contributed by atoms with van der Waals surface area (Å²) in [5.74, 6) is 0.0893. The Morgan fingerprint density at radius 1 is 1.46 bits per heavy atom. The van der Waals surface area contributed by atoms with Gasteiger partial charge in [-0.15, -0.1) is 0 Å². The fourth-order valence-electron chi connectivity index (χ4n) is 3.38. The van der Waals surface area contributed by atoms with Gasteiger partial charge in [-0.1, -0.05) is 0 Å². The van der Waals surface area contributed by atoms with Crippen LogP contribution in [0.4, 0.5) is 0 Å². The van der Waals surface area contributed by atoms with Gasteiger partial charge in [-0.05, 0) is 12.5 Å². The van der Waals surface area contributed by atoms with Crippen LogP contribution in [0.2, 0.25) is 0 Å². The van der Waals surface area contributed by atoms with Crippen LogP contribution < -0.4 is 5.32 Å². The lowest BCUT2D eigenvalue weighted by Gasteiger charge is -2.35. The third kappa shape index (κ3) is 4.12. The highest BCUT2D eigenvalue weighted by Gasteiger charge is 2.38. The molecule has 0 spiro atoms. The Kier molecular flexibility index (Phi) is 5.15. The van der Waals surface area contributed by atoms with E-state index >= 15 is 0 Å². The van der Waals surface area contributed by atoms with Crippen molar-refractivity contribution in [1.82, 2.24) is 25.3 Å². The van der Waals surface area contributed by atoms with Crippen LogP contribution >= 0.6 is 0 Å². The number of fused-ring (bicyclic) bond motifs is 1. The van der Waals surface area contributed by atoms with E-state index in [1.807, 2.05) is 0 Å². The lowest BCUT2D eigenvalue weighted by atomic mass is 10.1. The van der Waals surface area contributed by atoms with Gasteiger partial charge in [0.2, 0.25) is 11.8 Å². The van der Waals surface area contributed by atoms with E-state index in [2.05, 4.69) is 20.4 Å². The molecule has 0 bridgehead atoms. The van der Waals surface area contributed by atoms with Crippen LogP contribution in [-0.2, 0) is 20.7 Å². The molecule has 2 N–H and O–H groups in total. The molecular weight excluding hydrogens is 310 g/mol. The van der Waals surface area contributed by atoms with Gasteiger partial charge in [-0.3, -0.25) is 19.6 Å². The Balaban J connectivity index is 1.46. The predicted molar refractivity (Wildman–Crippen MR) is 87.3 cm³/mol. The smallest absolute Gasteiger partial charge is 0.226 e. The average Bonchev–Trinajstić information content (AvgIpc) is 3.15. The van der Waals surface area contributed by atoms with Crippen LogP contribution in [0.25, 0.3) is 0 Å². The zero-order valence-electron chi connectivity index (χ0n) is 14.2. The van der Waals surface area contributed by atoms with Gasteiger partial charge < -0.3 is 15.0 Å². The minimum atomic E-state index is -0.0596. The number of aromatic nitrogens is 2. The molecule has 0 unspecified atom stereocenters. The summed E-state index contributed by atoms with van der Waals surface area (Å²) in [6, 6.07) is 2.27. The molecule has 24 heavy (non-hydrogen) atoms. The summed E-state index contributed by atoms with van der Waals surface area (Å²) in [7, 11) is 3.52. The molecule has 8 heteroatoms. The first-order chi connectivity index (χ1) is 11.5. The van der Waals surface area contributed by atoms with Crippen LogP contribution in [0.1, 0.15) is 18.5 Å². The Hall–Kier alpha value is -1.93. The SMILES string of the molecule is CN(C)C(=O)C[C@H]1CN2C[C@@H](NC(=O)Cc3ccn[nH]3)C[C@H]2CO1. The normalized spacial score (nSPS) is 26.8. The number of H-pyrrole nitrogens is 1. The summed E-state index contributed by atoms with van der Waals surface area (Å²) in [6.45, 7) is 2.19. The number of rotatable bonds is 5. The fourth-order valence-corrected chi connectivity index (χ4v) is 3.38. The molecular formula is C16H25N5O3. The molecule has 0 aromatic carbocycles. The van der Waals surface area contributed by atoms with Gasteiger partial charge >= 0.3 is 0 Å². The Labute approximate surface area is 141 Å². The molecule has 2 saturated heterocycles. The molecule has 0 aliphatic carbocycles. The van der Waals surface area contributed by atoms with Gasteiger partial charge in [0, 0.05) is 51.2 Å². The fraction of sp³-hybridized carbons (Fsp3) is 0.688. The van der Waals surface area contributed by atoms with Gasteiger partial charge in [-0.25, -0.2) is 0 Å². The standard InChI is InChI=1S/C16H25N5O3/c1-20(2)16(23)7-14-9-21-8-12(5-13(21)10-24-14)18-15(22)6-11-3-4-17-19-11/h3-4,12-14H,5-10H2,1-2H3,(H,17,19)(H,18,22)/t12-,13-,14-/m0/s1. The molecule has 2 fully saturated rings. The van der Waals surface area contributed by atoms with Crippen molar-refractivity contribution < 1.29 is 14.3 Å². The van der Waals surface area contributed by atoms with Crippen LogP contribution in [-0.4, -0.2) is 83.8 Å². The second-order valence-corrected chi connectivity index (χ2v) is 6.81. The lowest BCUT2D eigenvalue weighted by molar-refractivity contribution is -0.134. The summed E-state index contributed by atoms with van der Waals surface area (Å²) < 4.78 is 5.84. The molecule has 3 heterocycles. The quantitative estimate of drug-likeness (QED) is 0.749. The number of carbonyl (C=O) groups excluding carboxylic acids is 2. The van der Waals surface area contributed by atoms with Gasteiger partial charge in [0.15, 0.2) is 0 Å². The van der Waals surface area contributed by atoms with E-state index < -0.39 is 0 Å². The number of ether oxygens (including phenoxy) is 1. The van der Waals surface area contributed by atoms with Crippen molar-refractivity contribution in [1.29, 1.82) is 0 Å². The molecule has 0 saturated carbocycles. The van der Waals surface area contributed by atoms with E-state index in [1.165, 1.54) is 0 Å².